The molecule has 1 heterocycles. The zero-order chi connectivity index (χ0) is 18.8. The highest BCUT2D eigenvalue weighted by atomic mass is 35.5. The minimum Gasteiger partial charge on any atom is -0.493 e. The van der Waals surface area contributed by atoms with Gasteiger partial charge in [0.1, 0.15) is 0 Å². The fourth-order valence-corrected chi connectivity index (χ4v) is 2.73. The molecule has 10 heteroatoms. The summed E-state index contributed by atoms with van der Waals surface area (Å²) in [6, 6.07) is 11.2. The standard InChI is InChI=1S/C16H12ClN5O3S/c1-21-13-5-3-2-4-10(13)14(15(21)23)19-20-16(26)18-12-8-9(22(24)25)6-7-11(12)17/h2-8,23H,1H3,(H,18,26). The third-order valence-corrected chi connectivity index (χ3v) is 4.21. The summed E-state index contributed by atoms with van der Waals surface area (Å²) in [4.78, 5) is 10.3. The number of nitro groups is 1. The first-order chi connectivity index (χ1) is 12.4. The van der Waals surface area contributed by atoms with Gasteiger partial charge in [0.05, 0.1) is 21.2 Å². The Balaban J connectivity index is 1.87. The number of non-ortho nitro benzene ring substituents is 1. The highest BCUT2D eigenvalue weighted by Gasteiger charge is 2.14. The van der Waals surface area contributed by atoms with Crippen molar-refractivity contribution >= 4 is 56.9 Å². The Morgan fingerprint density at radius 1 is 1.35 bits per heavy atom. The molecule has 0 aliphatic carbocycles. The normalized spacial score (nSPS) is 11.2. The van der Waals surface area contributed by atoms with Crippen molar-refractivity contribution in [2.24, 2.45) is 17.3 Å². The van der Waals surface area contributed by atoms with Crippen LogP contribution in [0.4, 0.5) is 17.1 Å². The number of aryl methyl sites for hydroxylation is 1. The van der Waals surface area contributed by atoms with E-state index in [-0.39, 0.29) is 33.1 Å². The molecule has 3 rings (SSSR count). The lowest BCUT2D eigenvalue weighted by Crippen LogP contribution is -2.06. The number of aromatic nitrogens is 1. The summed E-state index contributed by atoms with van der Waals surface area (Å²) in [7, 11) is 1.70. The molecule has 1 aromatic heterocycles. The maximum Gasteiger partial charge on any atom is 0.271 e. The van der Waals surface area contributed by atoms with Crippen molar-refractivity contribution in [1.29, 1.82) is 0 Å². The van der Waals surface area contributed by atoms with Crippen molar-refractivity contribution in [3.05, 3.63) is 57.6 Å². The topological polar surface area (TPSA) is 105 Å². The average Bonchev–Trinajstić information content (AvgIpc) is 2.86. The minimum atomic E-state index is -0.541. The van der Waals surface area contributed by atoms with E-state index in [0.717, 1.165) is 5.52 Å². The Morgan fingerprint density at radius 3 is 2.81 bits per heavy atom. The average molecular weight is 390 g/mol. The number of halogens is 1. The van der Waals surface area contributed by atoms with E-state index < -0.39 is 4.92 Å². The van der Waals surface area contributed by atoms with E-state index in [1.54, 1.807) is 17.7 Å². The van der Waals surface area contributed by atoms with Crippen LogP contribution in [0.5, 0.6) is 5.88 Å². The van der Waals surface area contributed by atoms with Crippen LogP contribution in [-0.4, -0.2) is 19.7 Å². The van der Waals surface area contributed by atoms with Crippen LogP contribution in [0.25, 0.3) is 10.9 Å². The van der Waals surface area contributed by atoms with E-state index in [2.05, 4.69) is 15.5 Å². The fraction of sp³-hybridized carbons (Fsp3) is 0.0625. The predicted octanol–water partition coefficient (Wildman–Crippen LogP) is 4.93. The summed E-state index contributed by atoms with van der Waals surface area (Å²) in [6.07, 6.45) is 0. The molecule has 0 amide bonds. The smallest absolute Gasteiger partial charge is 0.271 e. The maximum absolute atomic E-state index is 10.9. The Kier molecular flexibility index (Phi) is 4.83. The van der Waals surface area contributed by atoms with Gasteiger partial charge in [-0.15, -0.1) is 10.2 Å². The summed E-state index contributed by atoms with van der Waals surface area (Å²) >= 11 is 11.1. The van der Waals surface area contributed by atoms with Crippen molar-refractivity contribution in [3.8, 4) is 5.88 Å². The third kappa shape index (κ3) is 3.35. The number of hydrogen-bond donors (Lipinski definition) is 2. The summed E-state index contributed by atoms with van der Waals surface area (Å²) in [5.41, 5.74) is 1.17. The number of hydrogen-bond acceptors (Lipinski definition) is 5. The van der Waals surface area contributed by atoms with E-state index in [0.29, 0.717) is 5.39 Å². The Hall–Kier alpha value is -3.04. The van der Waals surface area contributed by atoms with Crippen molar-refractivity contribution in [2.45, 2.75) is 0 Å². The Bertz CT molecular complexity index is 1060. The van der Waals surface area contributed by atoms with Crippen LogP contribution in [0.3, 0.4) is 0 Å². The van der Waals surface area contributed by atoms with E-state index >= 15 is 0 Å². The van der Waals surface area contributed by atoms with Crippen molar-refractivity contribution in [1.82, 2.24) is 4.57 Å². The van der Waals surface area contributed by atoms with Crippen LogP contribution < -0.4 is 5.32 Å². The van der Waals surface area contributed by atoms with Crippen molar-refractivity contribution < 1.29 is 10.0 Å². The molecule has 2 aromatic carbocycles. The van der Waals surface area contributed by atoms with Gasteiger partial charge in [0.25, 0.3) is 5.69 Å². The quantitative estimate of drug-likeness (QED) is 0.286. The monoisotopic (exact) mass is 389 g/mol. The molecule has 0 saturated heterocycles. The Labute approximate surface area is 157 Å². The second-order valence-corrected chi connectivity index (χ2v) is 6.09. The number of anilines is 1. The largest absolute Gasteiger partial charge is 0.493 e. The van der Waals surface area contributed by atoms with E-state index in [1.807, 2.05) is 18.2 Å². The molecule has 26 heavy (non-hydrogen) atoms. The van der Waals surface area contributed by atoms with Crippen LogP contribution in [-0.2, 0) is 7.05 Å². The number of fused-ring (bicyclic) bond motifs is 1. The molecule has 0 radical (unpaired) electrons. The van der Waals surface area contributed by atoms with Gasteiger partial charge in [-0.1, -0.05) is 29.8 Å². The lowest BCUT2D eigenvalue weighted by molar-refractivity contribution is -0.384. The second kappa shape index (κ2) is 7.06. The summed E-state index contributed by atoms with van der Waals surface area (Å²) in [5, 5.41) is 32.6. The molecular weight excluding hydrogens is 378 g/mol. The number of thiocarbonyl (C=S) groups is 1. The fourth-order valence-electron chi connectivity index (χ4n) is 2.42. The van der Waals surface area contributed by atoms with Crippen LogP contribution >= 0.6 is 23.8 Å². The van der Waals surface area contributed by atoms with Gasteiger partial charge in [0.2, 0.25) is 11.0 Å². The number of nitro benzene ring substituents is 1. The van der Waals surface area contributed by atoms with Crippen molar-refractivity contribution in [2.75, 3.05) is 5.32 Å². The van der Waals surface area contributed by atoms with Gasteiger partial charge >= 0.3 is 0 Å². The first kappa shape index (κ1) is 17.8. The molecule has 0 aliphatic heterocycles. The Morgan fingerprint density at radius 2 is 2.08 bits per heavy atom. The number of benzene rings is 2. The van der Waals surface area contributed by atoms with Gasteiger partial charge < -0.3 is 15.0 Å². The van der Waals surface area contributed by atoms with Gasteiger partial charge in [0.15, 0.2) is 5.69 Å². The molecular formula is C16H12ClN5O3S. The maximum atomic E-state index is 10.9. The van der Waals surface area contributed by atoms with Crippen LogP contribution in [0, 0.1) is 10.1 Å². The third-order valence-electron chi connectivity index (χ3n) is 3.69. The van der Waals surface area contributed by atoms with Crippen LogP contribution in [0.2, 0.25) is 5.02 Å². The van der Waals surface area contributed by atoms with Crippen LogP contribution in [0.15, 0.2) is 52.7 Å². The molecule has 0 atom stereocenters. The molecule has 2 N–H and O–H groups in total. The molecule has 0 fully saturated rings. The summed E-state index contributed by atoms with van der Waals surface area (Å²) < 4.78 is 1.58. The SMILES string of the molecule is Cn1c(O)c(N=NC(=S)Nc2cc([N+](=O)[O-])ccc2Cl)c2ccccc21. The summed E-state index contributed by atoms with van der Waals surface area (Å²) in [6.45, 7) is 0. The van der Waals surface area contributed by atoms with E-state index in [9.17, 15) is 15.2 Å². The lowest BCUT2D eigenvalue weighted by atomic mass is 10.2. The first-order valence-electron chi connectivity index (χ1n) is 7.31. The number of azo groups is 1. The molecule has 0 bridgehead atoms. The first-order valence-corrected chi connectivity index (χ1v) is 8.10. The van der Waals surface area contributed by atoms with Crippen molar-refractivity contribution in [3.63, 3.8) is 0 Å². The minimum absolute atomic E-state index is 0.0499. The molecule has 3 aromatic rings. The number of nitrogens with one attached hydrogen (secondary N) is 1. The van der Waals surface area contributed by atoms with Gasteiger partial charge in [-0.3, -0.25) is 10.1 Å². The number of aromatic hydroxyl groups is 1. The molecule has 8 nitrogen and oxygen atoms in total. The zero-order valence-corrected chi connectivity index (χ0v) is 15.0. The highest BCUT2D eigenvalue weighted by molar-refractivity contribution is 7.80. The van der Waals surface area contributed by atoms with Gasteiger partial charge in [-0.2, -0.15) is 0 Å². The molecule has 0 spiro atoms. The van der Waals surface area contributed by atoms with Gasteiger partial charge in [0, 0.05) is 24.6 Å². The summed E-state index contributed by atoms with van der Waals surface area (Å²) in [5.74, 6) is -0.0499. The molecule has 132 valence electrons. The zero-order valence-electron chi connectivity index (χ0n) is 13.4. The van der Waals surface area contributed by atoms with Gasteiger partial charge in [-0.05, 0) is 24.4 Å². The van der Waals surface area contributed by atoms with Gasteiger partial charge in [-0.25, -0.2) is 0 Å². The predicted molar refractivity (Wildman–Crippen MR) is 103 cm³/mol. The number of para-hydroxylation sites is 1. The number of nitrogens with zero attached hydrogens (tertiary/aromatic N) is 4. The van der Waals surface area contributed by atoms with E-state index in [4.69, 9.17) is 23.8 Å². The molecule has 0 unspecified atom stereocenters. The lowest BCUT2D eigenvalue weighted by Gasteiger charge is -2.05. The molecule has 0 saturated carbocycles. The highest BCUT2D eigenvalue weighted by Crippen LogP contribution is 2.37. The second-order valence-electron chi connectivity index (χ2n) is 5.30. The molecule has 0 aliphatic rings. The van der Waals surface area contributed by atoms with Crippen LogP contribution in [0.1, 0.15) is 0 Å². The van der Waals surface area contributed by atoms with E-state index in [1.165, 1.54) is 18.2 Å². The number of rotatable bonds is 3.